The molecule has 1 aromatic carbocycles. The number of carboxylic acid groups (broad SMARTS) is 1. The van der Waals surface area contributed by atoms with Gasteiger partial charge < -0.3 is 15.0 Å². The number of aromatic amines is 1. The number of hydrogen-bond acceptors (Lipinski definition) is 2. The number of piperidine rings is 1. The van der Waals surface area contributed by atoms with Crippen LogP contribution in [0.4, 0.5) is 0 Å². The molecule has 3 rings (SSSR count). The molecule has 1 aliphatic heterocycles. The Kier molecular flexibility index (Phi) is 3.71. The highest BCUT2D eigenvalue weighted by Crippen LogP contribution is 2.29. The van der Waals surface area contributed by atoms with E-state index in [4.69, 9.17) is 5.11 Å². The third kappa shape index (κ3) is 2.55. The zero-order valence-corrected chi connectivity index (χ0v) is 12.9. The number of aromatic nitrogens is 1. The van der Waals surface area contributed by atoms with E-state index in [1.165, 1.54) is 0 Å². The molecule has 110 valence electrons. The minimum Gasteiger partial charge on any atom is -0.481 e. The molecular weight excluding hydrogens is 336 g/mol. The molecule has 5 nitrogen and oxygen atoms in total. The maximum atomic E-state index is 12.7. The first-order valence-corrected chi connectivity index (χ1v) is 7.65. The molecular formula is C15H15BrN2O3. The highest BCUT2D eigenvalue weighted by atomic mass is 79.9. The van der Waals surface area contributed by atoms with E-state index in [-0.39, 0.29) is 12.5 Å². The summed E-state index contributed by atoms with van der Waals surface area (Å²) in [6.45, 7) is 0.894. The van der Waals surface area contributed by atoms with Crippen LogP contribution >= 0.6 is 15.9 Å². The lowest BCUT2D eigenvalue weighted by atomic mass is 9.97. The number of hydrogen-bond donors (Lipinski definition) is 2. The summed E-state index contributed by atoms with van der Waals surface area (Å²) in [6.07, 6.45) is 3.06. The van der Waals surface area contributed by atoms with Gasteiger partial charge in [0.2, 0.25) is 0 Å². The molecule has 1 saturated heterocycles. The molecule has 1 aromatic heterocycles. The number of halogens is 1. The van der Waals surface area contributed by atoms with E-state index in [9.17, 15) is 9.59 Å². The third-order valence-corrected chi connectivity index (χ3v) is 4.60. The Morgan fingerprint density at radius 1 is 1.38 bits per heavy atom. The molecule has 2 N–H and O–H groups in total. The number of H-pyrrole nitrogens is 1. The topological polar surface area (TPSA) is 73.4 Å². The quantitative estimate of drug-likeness (QED) is 0.874. The highest BCUT2D eigenvalue weighted by molar-refractivity contribution is 9.10. The Hall–Kier alpha value is -1.82. The summed E-state index contributed by atoms with van der Waals surface area (Å²) >= 11 is 3.47. The second-order valence-electron chi connectivity index (χ2n) is 5.29. The highest BCUT2D eigenvalue weighted by Gasteiger charge is 2.29. The second-order valence-corrected chi connectivity index (χ2v) is 6.15. The maximum absolute atomic E-state index is 12.7. The van der Waals surface area contributed by atoms with Gasteiger partial charge >= 0.3 is 5.97 Å². The summed E-state index contributed by atoms with van der Waals surface area (Å²) in [5.74, 6) is -1.40. The van der Waals surface area contributed by atoms with E-state index < -0.39 is 11.9 Å². The molecule has 6 heteroatoms. The van der Waals surface area contributed by atoms with Crippen LogP contribution in [0, 0.1) is 5.92 Å². The lowest BCUT2D eigenvalue weighted by Gasteiger charge is -2.30. The smallest absolute Gasteiger partial charge is 0.308 e. The Labute approximate surface area is 130 Å². The van der Waals surface area contributed by atoms with Crippen molar-refractivity contribution in [2.45, 2.75) is 12.8 Å². The minimum absolute atomic E-state index is 0.112. The molecule has 2 heterocycles. The first-order chi connectivity index (χ1) is 10.1. The second kappa shape index (κ2) is 5.52. The summed E-state index contributed by atoms with van der Waals surface area (Å²) in [4.78, 5) is 28.5. The molecule has 2 aromatic rings. The average molecular weight is 351 g/mol. The van der Waals surface area contributed by atoms with Crippen LogP contribution < -0.4 is 0 Å². The average Bonchev–Trinajstić information content (AvgIpc) is 2.92. The van der Waals surface area contributed by atoms with Gasteiger partial charge in [0.25, 0.3) is 5.91 Å². The van der Waals surface area contributed by atoms with Crippen molar-refractivity contribution in [3.8, 4) is 0 Å². The van der Waals surface area contributed by atoms with E-state index >= 15 is 0 Å². The van der Waals surface area contributed by atoms with Crippen molar-refractivity contribution in [2.24, 2.45) is 5.92 Å². The number of carbonyl (C=O) groups excluding carboxylic acids is 1. The Bertz CT molecular complexity index is 710. The van der Waals surface area contributed by atoms with E-state index in [0.29, 0.717) is 18.5 Å². The van der Waals surface area contributed by atoms with Crippen LogP contribution in [0.2, 0.25) is 0 Å². The zero-order valence-electron chi connectivity index (χ0n) is 11.3. The fraction of sp³-hybridized carbons (Fsp3) is 0.333. The molecule has 1 fully saturated rings. The lowest BCUT2D eigenvalue weighted by Crippen LogP contribution is -2.42. The number of carbonyl (C=O) groups is 2. The predicted molar refractivity (Wildman–Crippen MR) is 82.3 cm³/mol. The SMILES string of the molecule is O=C(O)[C@H]1CCCN(C(=O)c2c[nH]c3cccc(Br)c23)C1. The molecule has 0 radical (unpaired) electrons. The third-order valence-electron chi connectivity index (χ3n) is 3.94. The Morgan fingerprint density at radius 2 is 2.19 bits per heavy atom. The summed E-state index contributed by atoms with van der Waals surface area (Å²) in [5, 5.41) is 9.98. The Balaban J connectivity index is 1.92. The molecule has 1 atom stereocenters. The monoisotopic (exact) mass is 350 g/mol. The first-order valence-electron chi connectivity index (χ1n) is 6.85. The molecule has 0 bridgehead atoms. The van der Waals surface area contributed by atoms with Gasteiger partial charge in [-0.1, -0.05) is 22.0 Å². The molecule has 0 unspecified atom stereocenters. The van der Waals surface area contributed by atoms with Gasteiger partial charge in [-0.3, -0.25) is 9.59 Å². The van der Waals surface area contributed by atoms with Crippen molar-refractivity contribution in [3.63, 3.8) is 0 Å². The number of rotatable bonds is 2. The van der Waals surface area contributed by atoms with Crippen LogP contribution in [-0.2, 0) is 4.79 Å². The number of nitrogens with one attached hydrogen (secondary N) is 1. The van der Waals surface area contributed by atoms with Crippen molar-refractivity contribution in [1.82, 2.24) is 9.88 Å². The first kappa shape index (κ1) is 14.1. The van der Waals surface area contributed by atoms with Crippen molar-refractivity contribution in [2.75, 3.05) is 13.1 Å². The van der Waals surface area contributed by atoms with Crippen LogP contribution in [0.5, 0.6) is 0 Å². The van der Waals surface area contributed by atoms with Crippen molar-refractivity contribution in [1.29, 1.82) is 0 Å². The van der Waals surface area contributed by atoms with Gasteiger partial charge in [0.1, 0.15) is 0 Å². The standard InChI is InChI=1S/C15H15BrN2O3/c16-11-4-1-5-12-13(11)10(7-17-12)14(19)18-6-2-3-9(8-18)15(20)21/h1,4-5,7,9,17H,2-3,6,8H2,(H,20,21)/t9-/m0/s1. The van der Waals surface area contributed by atoms with Gasteiger partial charge in [0, 0.05) is 34.7 Å². The molecule has 0 spiro atoms. The van der Waals surface area contributed by atoms with Gasteiger partial charge in [-0.25, -0.2) is 0 Å². The van der Waals surface area contributed by atoms with Crippen LogP contribution in [0.15, 0.2) is 28.9 Å². The number of aliphatic carboxylic acids is 1. The maximum Gasteiger partial charge on any atom is 0.308 e. The minimum atomic E-state index is -0.826. The summed E-state index contributed by atoms with van der Waals surface area (Å²) in [5.41, 5.74) is 1.48. The Morgan fingerprint density at radius 3 is 2.95 bits per heavy atom. The number of carboxylic acids is 1. The van der Waals surface area contributed by atoms with Gasteiger partial charge in [-0.05, 0) is 25.0 Å². The molecule has 1 amide bonds. The van der Waals surface area contributed by atoms with Crippen LogP contribution in [0.3, 0.4) is 0 Å². The predicted octanol–water partition coefficient (Wildman–Crippen LogP) is 2.87. The fourth-order valence-corrected chi connectivity index (χ4v) is 3.42. The normalized spacial score (nSPS) is 18.9. The molecule has 21 heavy (non-hydrogen) atoms. The van der Waals surface area contributed by atoms with E-state index in [1.54, 1.807) is 11.1 Å². The van der Waals surface area contributed by atoms with Crippen LogP contribution in [0.1, 0.15) is 23.2 Å². The molecule has 0 saturated carbocycles. The number of benzene rings is 1. The van der Waals surface area contributed by atoms with Crippen molar-refractivity contribution >= 4 is 38.7 Å². The van der Waals surface area contributed by atoms with E-state index in [0.717, 1.165) is 21.8 Å². The van der Waals surface area contributed by atoms with E-state index in [1.807, 2.05) is 18.2 Å². The summed E-state index contributed by atoms with van der Waals surface area (Å²) < 4.78 is 0.858. The molecule has 1 aliphatic rings. The van der Waals surface area contributed by atoms with Gasteiger partial charge in [-0.15, -0.1) is 0 Å². The zero-order chi connectivity index (χ0) is 15.0. The fourth-order valence-electron chi connectivity index (χ4n) is 2.84. The number of likely N-dealkylation sites (tertiary alicyclic amines) is 1. The number of nitrogens with zero attached hydrogens (tertiary/aromatic N) is 1. The largest absolute Gasteiger partial charge is 0.481 e. The summed E-state index contributed by atoms with van der Waals surface area (Å²) in [7, 11) is 0. The number of fused-ring (bicyclic) bond motifs is 1. The van der Waals surface area contributed by atoms with Crippen LogP contribution in [0.25, 0.3) is 10.9 Å². The van der Waals surface area contributed by atoms with Gasteiger partial charge in [0.05, 0.1) is 11.5 Å². The van der Waals surface area contributed by atoms with Crippen molar-refractivity contribution in [3.05, 3.63) is 34.4 Å². The lowest BCUT2D eigenvalue weighted by molar-refractivity contribution is -0.143. The van der Waals surface area contributed by atoms with Crippen LogP contribution in [-0.4, -0.2) is 40.0 Å². The van der Waals surface area contributed by atoms with Crippen molar-refractivity contribution < 1.29 is 14.7 Å². The van der Waals surface area contributed by atoms with Gasteiger partial charge in [0.15, 0.2) is 0 Å². The van der Waals surface area contributed by atoms with Gasteiger partial charge in [-0.2, -0.15) is 0 Å². The molecule has 0 aliphatic carbocycles. The van der Waals surface area contributed by atoms with E-state index in [2.05, 4.69) is 20.9 Å². The summed E-state index contributed by atoms with van der Waals surface area (Å²) in [6, 6.07) is 5.70. The number of amides is 1.